The van der Waals surface area contributed by atoms with Gasteiger partial charge in [0.2, 0.25) is 5.91 Å². The first-order valence-corrected chi connectivity index (χ1v) is 7.17. The molecule has 0 aromatic heterocycles. The monoisotopic (exact) mass is 324 g/mol. The summed E-state index contributed by atoms with van der Waals surface area (Å²) < 4.78 is 0.905. The molecule has 5 heteroatoms. The molecule has 1 aliphatic heterocycles. The first kappa shape index (κ1) is 14.1. The van der Waals surface area contributed by atoms with E-state index < -0.39 is 0 Å². The van der Waals surface area contributed by atoms with E-state index in [-0.39, 0.29) is 5.91 Å². The molecular weight excluding hydrogens is 308 g/mol. The molecule has 102 valence electrons. The Morgan fingerprint density at radius 2 is 2.11 bits per heavy atom. The highest BCUT2D eigenvalue weighted by Gasteiger charge is 2.22. The van der Waals surface area contributed by atoms with Crippen LogP contribution in [0.25, 0.3) is 0 Å². The van der Waals surface area contributed by atoms with Crippen LogP contribution in [0.3, 0.4) is 0 Å². The van der Waals surface area contributed by atoms with E-state index in [1.807, 2.05) is 18.2 Å². The first-order chi connectivity index (χ1) is 9.10. The summed E-state index contributed by atoms with van der Waals surface area (Å²) in [6.07, 6.45) is 3.24. The van der Waals surface area contributed by atoms with E-state index in [0.29, 0.717) is 17.9 Å². The van der Waals surface area contributed by atoms with Gasteiger partial charge in [-0.05, 0) is 37.0 Å². The van der Waals surface area contributed by atoms with Gasteiger partial charge in [-0.3, -0.25) is 9.59 Å². The molecule has 0 radical (unpaired) electrons. The quantitative estimate of drug-likeness (QED) is 0.865. The largest absolute Gasteiger partial charge is 0.371 e. The molecule has 1 aromatic carbocycles. The Morgan fingerprint density at radius 3 is 2.68 bits per heavy atom. The average molecular weight is 325 g/mol. The van der Waals surface area contributed by atoms with Crippen LogP contribution in [-0.2, 0) is 4.79 Å². The highest BCUT2D eigenvalue weighted by Crippen LogP contribution is 2.28. The number of rotatable bonds is 4. The lowest BCUT2D eigenvalue weighted by Gasteiger charge is -2.34. The number of nitrogens with zero attached hydrogens (tertiary/aromatic N) is 1. The number of carbonyl (C=O) groups excluding carboxylic acids is 2. The molecule has 2 N–H and O–H groups in total. The normalized spacial score (nSPS) is 16.4. The first-order valence-electron chi connectivity index (χ1n) is 6.38. The van der Waals surface area contributed by atoms with Crippen LogP contribution in [0.1, 0.15) is 29.6 Å². The van der Waals surface area contributed by atoms with Gasteiger partial charge < -0.3 is 10.6 Å². The zero-order chi connectivity index (χ0) is 13.8. The van der Waals surface area contributed by atoms with Crippen molar-refractivity contribution >= 4 is 33.8 Å². The molecule has 1 aliphatic rings. The number of hydrogen-bond donors (Lipinski definition) is 1. The average Bonchev–Trinajstić information content (AvgIpc) is 2.39. The maximum absolute atomic E-state index is 11.1. The van der Waals surface area contributed by atoms with E-state index in [1.165, 1.54) is 0 Å². The fraction of sp³-hybridized carbons (Fsp3) is 0.429. The molecule has 0 bridgehead atoms. The predicted molar refractivity (Wildman–Crippen MR) is 78.3 cm³/mol. The Labute approximate surface area is 121 Å². The van der Waals surface area contributed by atoms with E-state index in [9.17, 15) is 9.59 Å². The second kappa shape index (κ2) is 6.19. The summed E-state index contributed by atoms with van der Waals surface area (Å²) >= 11 is 3.37. The number of amides is 1. The molecule has 1 amide bonds. The fourth-order valence-corrected chi connectivity index (χ4v) is 2.95. The van der Waals surface area contributed by atoms with E-state index in [2.05, 4.69) is 20.8 Å². The number of anilines is 1. The van der Waals surface area contributed by atoms with Gasteiger partial charge in [-0.1, -0.05) is 15.9 Å². The molecular formula is C14H17BrN2O2. The van der Waals surface area contributed by atoms with E-state index in [1.54, 1.807) is 0 Å². The lowest BCUT2D eigenvalue weighted by atomic mass is 9.93. The lowest BCUT2D eigenvalue weighted by molar-refractivity contribution is -0.119. The molecule has 1 saturated heterocycles. The summed E-state index contributed by atoms with van der Waals surface area (Å²) in [6, 6.07) is 5.73. The number of primary amides is 1. The van der Waals surface area contributed by atoms with Crippen molar-refractivity contribution in [2.75, 3.05) is 18.0 Å². The molecule has 0 aliphatic carbocycles. The van der Waals surface area contributed by atoms with Gasteiger partial charge in [0.15, 0.2) is 6.29 Å². The minimum Gasteiger partial charge on any atom is -0.371 e. The van der Waals surface area contributed by atoms with Crippen molar-refractivity contribution in [1.82, 2.24) is 0 Å². The molecule has 1 heterocycles. The van der Waals surface area contributed by atoms with Crippen LogP contribution >= 0.6 is 15.9 Å². The number of nitrogens with two attached hydrogens (primary N) is 1. The summed E-state index contributed by atoms with van der Waals surface area (Å²) in [4.78, 5) is 24.2. The summed E-state index contributed by atoms with van der Waals surface area (Å²) in [5.41, 5.74) is 6.89. The Morgan fingerprint density at radius 1 is 1.42 bits per heavy atom. The van der Waals surface area contributed by atoms with Crippen molar-refractivity contribution in [3.63, 3.8) is 0 Å². The van der Waals surface area contributed by atoms with Crippen molar-refractivity contribution < 1.29 is 9.59 Å². The van der Waals surface area contributed by atoms with Crippen LogP contribution < -0.4 is 10.6 Å². The minimum absolute atomic E-state index is 0.226. The van der Waals surface area contributed by atoms with Crippen LogP contribution in [0, 0.1) is 5.92 Å². The Kier molecular flexibility index (Phi) is 4.58. The predicted octanol–water partition coefficient (Wildman–Crippen LogP) is 2.35. The zero-order valence-corrected chi connectivity index (χ0v) is 12.2. The van der Waals surface area contributed by atoms with Gasteiger partial charge in [-0.2, -0.15) is 0 Å². The van der Waals surface area contributed by atoms with Crippen molar-refractivity contribution in [1.29, 1.82) is 0 Å². The number of hydrogen-bond acceptors (Lipinski definition) is 3. The van der Waals surface area contributed by atoms with Crippen LogP contribution in [0.2, 0.25) is 0 Å². The number of carbonyl (C=O) groups is 2. The third-order valence-corrected chi connectivity index (χ3v) is 4.05. The Bertz CT molecular complexity index is 482. The fourth-order valence-electron chi connectivity index (χ4n) is 2.57. The molecule has 1 aromatic rings. The van der Waals surface area contributed by atoms with Crippen molar-refractivity contribution in [2.24, 2.45) is 11.7 Å². The smallest absolute Gasteiger partial charge is 0.217 e. The maximum Gasteiger partial charge on any atom is 0.217 e. The topological polar surface area (TPSA) is 63.4 Å². The van der Waals surface area contributed by atoms with Gasteiger partial charge in [0.05, 0.1) is 0 Å². The summed E-state index contributed by atoms with van der Waals surface area (Å²) in [7, 11) is 0. The van der Waals surface area contributed by atoms with Crippen molar-refractivity contribution in [2.45, 2.75) is 19.3 Å². The van der Waals surface area contributed by atoms with Crippen molar-refractivity contribution in [3.8, 4) is 0 Å². The molecule has 1 fully saturated rings. The van der Waals surface area contributed by atoms with E-state index >= 15 is 0 Å². The highest BCUT2D eigenvalue weighted by molar-refractivity contribution is 9.10. The standard InChI is InChI=1S/C14H17BrN2O2/c15-12-1-2-13(11(8-12)9-18)17-5-3-10(4-6-17)7-14(16)19/h1-2,8-10H,3-7H2,(H2,16,19). The Hall–Kier alpha value is -1.36. The highest BCUT2D eigenvalue weighted by atomic mass is 79.9. The van der Waals surface area contributed by atoms with Crippen molar-refractivity contribution in [3.05, 3.63) is 28.2 Å². The van der Waals surface area contributed by atoms with Crippen LogP contribution in [0.5, 0.6) is 0 Å². The van der Waals surface area contributed by atoms with Gasteiger partial charge in [0.25, 0.3) is 0 Å². The number of piperidine rings is 1. The molecule has 4 nitrogen and oxygen atoms in total. The second-order valence-corrected chi connectivity index (χ2v) is 5.84. The zero-order valence-electron chi connectivity index (χ0n) is 10.6. The third-order valence-electron chi connectivity index (χ3n) is 3.56. The van der Waals surface area contributed by atoms with Crippen LogP contribution in [0.15, 0.2) is 22.7 Å². The summed E-state index contributed by atoms with van der Waals surface area (Å²) in [5.74, 6) is 0.152. The van der Waals surface area contributed by atoms with Gasteiger partial charge in [-0.25, -0.2) is 0 Å². The molecule has 2 rings (SSSR count). The van der Waals surface area contributed by atoms with Crippen LogP contribution in [-0.4, -0.2) is 25.3 Å². The van der Waals surface area contributed by atoms with Crippen LogP contribution in [0.4, 0.5) is 5.69 Å². The molecule has 0 atom stereocenters. The van der Waals surface area contributed by atoms with Gasteiger partial charge >= 0.3 is 0 Å². The Balaban J connectivity index is 2.05. The molecule has 0 unspecified atom stereocenters. The number of benzene rings is 1. The van der Waals surface area contributed by atoms with E-state index in [4.69, 9.17) is 5.73 Å². The number of aldehydes is 1. The summed E-state index contributed by atoms with van der Waals surface area (Å²) in [6.45, 7) is 1.72. The third kappa shape index (κ3) is 3.56. The molecule has 0 saturated carbocycles. The molecule has 19 heavy (non-hydrogen) atoms. The van der Waals surface area contributed by atoms with Gasteiger partial charge in [0.1, 0.15) is 0 Å². The lowest BCUT2D eigenvalue weighted by Crippen LogP contribution is -2.35. The summed E-state index contributed by atoms with van der Waals surface area (Å²) in [5, 5.41) is 0. The second-order valence-electron chi connectivity index (χ2n) is 4.92. The number of halogens is 1. The molecule has 0 spiro atoms. The van der Waals surface area contributed by atoms with Gasteiger partial charge in [0, 0.05) is 35.2 Å². The van der Waals surface area contributed by atoms with E-state index in [0.717, 1.165) is 42.4 Å². The SMILES string of the molecule is NC(=O)CC1CCN(c2ccc(Br)cc2C=O)CC1. The maximum atomic E-state index is 11.1. The van der Waals surface area contributed by atoms with Gasteiger partial charge in [-0.15, -0.1) is 0 Å². The minimum atomic E-state index is -0.226.